The standard InChI is InChI=1S/C48H38N2/c1-34(36-17-7-3-8-18-36)49-47(39-29-27-38(28-30-39)37-19-9-4-10-20-37)50-35(2)40-31-32-44-43-25-15-16-26-45(43)48(46(44)33-40,41-21-11-5-12-22-41)42-23-13-6-14-24-42/h3,5-9,11-33H,2,4,10H2,1H3. The van der Waals surface area contributed by atoms with Crippen molar-refractivity contribution >= 4 is 22.8 Å². The van der Waals surface area contributed by atoms with Crippen molar-refractivity contribution in [2.45, 2.75) is 25.2 Å². The summed E-state index contributed by atoms with van der Waals surface area (Å²) in [5, 5.41) is 0. The molecule has 50 heavy (non-hydrogen) atoms. The third kappa shape index (κ3) is 5.59. The first-order valence-corrected chi connectivity index (χ1v) is 17.3. The van der Waals surface area contributed by atoms with Crippen molar-refractivity contribution in [1.82, 2.24) is 0 Å². The van der Waals surface area contributed by atoms with Crippen LogP contribution in [0.15, 0.2) is 193 Å². The molecule has 240 valence electrons. The highest BCUT2D eigenvalue weighted by Gasteiger charge is 2.46. The predicted octanol–water partition coefficient (Wildman–Crippen LogP) is 11.7. The summed E-state index contributed by atoms with van der Waals surface area (Å²) in [4.78, 5) is 10.3. The van der Waals surface area contributed by atoms with Crippen LogP contribution in [-0.4, -0.2) is 11.5 Å². The van der Waals surface area contributed by atoms with Gasteiger partial charge in [0.2, 0.25) is 0 Å². The number of rotatable bonds is 7. The first-order valence-electron chi connectivity index (χ1n) is 17.3. The third-order valence-electron chi connectivity index (χ3n) is 9.97. The minimum Gasteiger partial charge on any atom is -0.233 e. The van der Waals surface area contributed by atoms with Crippen molar-refractivity contribution < 1.29 is 0 Å². The summed E-state index contributed by atoms with van der Waals surface area (Å²) in [7, 11) is 0. The fraction of sp³-hybridized carbons (Fsp3) is 0.0833. The summed E-state index contributed by atoms with van der Waals surface area (Å²) in [6.45, 7) is 6.60. The van der Waals surface area contributed by atoms with Gasteiger partial charge in [0.05, 0.1) is 11.1 Å². The lowest BCUT2D eigenvalue weighted by Gasteiger charge is -2.34. The molecule has 0 amide bonds. The number of allylic oxidation sites excluding steroid dienone is 4. The van der Waals surface area contributed by atoms with Gasteiger partial charge in [-0.3, -0.25) is 0 Å². The van der Waals surface area contributed by atoms with Gasteiger partial charge in [0.15, 0.2) is 5.84 Å². The maximum Gasteiger partial charge on any atom is 0.160 e. The molecule has 2 heteroatoms. The maximum absolute atomic E-state index is 5.20. The lowest BCUT2D eigenvalue weighted by Crippen LogP contribution is -2.28. The summed E-state index contributed by atoms with van der Waals surface area (Å²) in [5.74, 6) is 0.636. The van der Waals surface area contributed by atoms with Gasteiger partial charge < -0.3 is 0 Å². The molecule has 0 spiro atoms. The molecular formula is C48H38N2. The van der Waals surface area contributed by atoms with Gasteiger partial charge in [0.25, 0.3) is 0 Å². The van der Waals surface area contributed by atoms with Crippen molar-refractivity contribution in [1.29, 1.82) is 0 Å². The number of benzene rings is 6. The van der Waals surface area contributed by atoms with Crippen LogP contribution >= 0.6 is 0 Å². The fourth-order valence-electron chi connectivity index (χ4n) is 7.51. The fourth-order valence-corrected chi connectivity index (χ4v) is 7.51. The molecule has 0 saturated heterocycles. The van der Waals surface area contributed by atoms with Gasteiger partial charge in [-0.15, -0.1) is 0 Å². The summed E-state index contributed by atoms with van der Waals surface area (Å²) < 4.78 is 0. The van der Waals surface area contributed by atoms with Crippen molar-refractivity contribution in [3.63, 3.8) is 0 Å². The van der Waals surface area contributed by atoms with E-state index in [0.717, 1.165) is 35.2 Å². The van der Waals surface area contributed by atoms with Gasteiger partial charge in [0, 0.05) is 11.3 Å². The molecule has 0 heterocycles. The maximum atomic E-state index is 5.20. The highest BCUT2D eigenvalue weighted by Crippen LogP contribution is 2.56. The van der Waals surface area contributed by atoms with Crippen molar-refractivity contribution in [3.05, 3.63) is 227 Å². The van der Waals surface area contributed by atoms with Crippen LogP contribution in [0, 0.1) is 0 Å². The molecular weight excluding hydrogens is 605 g/mol. The van der Waals surface area contributed by atoms with Crippen LogP contribution in [0.2, 0.25) is 0 Å². The molecule has 0 atom stereocenters. The number of nitrogens with zero attached hydrogens (tertiary/aromatic N) is 2. The van der Waals surface area contributed by atoms with E-state index in [4.69, 9.17) is 9.98 Å². The zero-order valence-corrected chi connectivity index (χ0v) is 28.3. The Morgan fingerprint density at radius 1 is 0.560 bits per heavy atom. The van der Waals surface area contributed by atoms with E-state index in [-0.39, 0.29) is 0 Å². The van der Waals surface area contributed by atoms with Gasteiger partial charge in [-0.2, -0.15) is 0 Å². The van der Waals surface area contributed by atoms with Crippen LogP contribution < -0.4 is 0 Å². The molecule has 6 aromatic rings. The van der Waals surface area contributed by atoms with E-state index in [9.17, 15) is 0 Å². The van der Waals surface area contributed by atoms with E-state index < -0.39 is 5.41 Å². The minimum absolute atomic E-state index is 0.489. The Bertz CT molecular complexity index is 2270. The monoisotopic (exact) mass is 642 g/mol. The molecule has 0 aliphatic heterocycles. The molecule has 2 nitrogen and oxygen atoms in total. The lowest BCUT2D eigenvalue weighted by molar-refractivity contribution is 0.768. The van der Waals surface area contributed by atoms with E-state index in [2.05, 4.69) is 164 Å². The summed E-state index contributed by atoms with van der Waals surface area (Å²) in [5.41, 5.74) is 14.0. The highest BCUT2D eigenvalue weighted by atomic mass is 14.9. The highest BCUT2D eigenvalue weighted by molar-refractivity contribution is 6.12. The van der Waals surface area contributed by atoms with Crippen LogP contribution in [0.1, 0.15) is 64.3 Å². The number of amidine groups is 1. The largest absolute Gasteiger partial charge is 0.233 e. The van der Waals surface area contributed by atoms with Crippen molar-refractivity contribution in [3.8, 4) is 11.1 Å². The Morgan fingerprint density at radius 2 is 1.16 bits per heavy atom. The lowest BCUT2D eigenvalue weighted by atomic mass is 9.67. The second-order valence-electron chi connectivity index (χ2n) is 12.9. The van der Waals surface area contributed by atoms with E-state index in [1.807, 2.05) is 25.1 Å². The zero-order valence-electron chi connectivity index (χ0n) is 28.3. The normalized spacial score (nSPS) is 14.9. The van der Waals surface area contributed by atoms with Crippen molar-refractivity contribution in [2.24, 2.45) is 9.98 Å². The topological polar surface area (TPSA) is 24.7 Å². The average Bonchev–Trinajstić information content (AvgIpc) is 3.49. The molecule has 0 unspecified atom stereocenters. The predicted molar refractivity (Wildman–Crippen MR) is 211 cm³/mol. The third-order valence-corrected chi connectivity index (χ3v) is 9.97. The molecule has 0 N–H and O–H groups in total. The van der Waals surface area contributed by atoms with Crippen molar-refractivity contribution in [2.75, 3.05) is 0 Å². The molecule has 0 saturated carbocycles. The summed E-state index contributed by atoms with van der Waals surface area (Å²) in [6, 6.07) is 56.1. The quantitative estimate of drug-likeness (QED) is 0.122. The number of hydrogen-bond acceptors (Lipinski definition) is 1. The summed E-state index contributed by atoms with van der Waals surface area (Å²) >= 11 is 0. The first kappa shape index (κ1) is 31.2. The molecule has 6 aromatic carbocycles. The van der Waals surface area contributed by atoms with E-state index in [1.165, 1.54) is 44.5 Å². The molecule has 0 fully saturated rings. The SMILES string of the molecule is C=C(N=C(N=C(C)c1ccccc1)c1ccc(C2=CCCC=C2)cc1)c1ccc2c(c1)C(c1ccccc1)(c1ccccc1)c1ccccc1-2. The van der Waals surface area contributed by atoms with Gasteiger partial charge in [-0.1, -0.05) is 176 Å². The van der Waals surface area contributed by atoms with Crippen LogP contribution in [-0.2, 0) is 5.41 Å². The van der Waals surface area contributed by atoms with E-state index in [1.54, 1.807) is 0 Å². The Hall–Kier alpha value is -6.12. The second-order valence-corrected chi connectivity index (χ2v) is 12.9. The molecule has 2 aliphatic carbocycles. The Morgan fingerprint density at radius 3 is 1.82 bits per heavy atom. The van der Waals surface area contributed by atoms with E-state index >= 15 is 0 Å². The zero-order chi connectivity index (χ0) is 33.9. The van der Waals surface area contributed by atoms with Crippen LogP contribution in [0.25, 0.3) is 22.4 Å². The van der Waals surface area contributed by atoms with Crippen LogP contribution in [0.3, 0.4) is 0 Å². The molecule has 0 aromatic heterocycles. The Labute approximate surface area is 295 Å². The molecule has 0 bridgehead atoms. The smallest absolute Gasteiger partial charge is 0.160 e. The Balaban J connectivity index is 1.27. The first-order chi connectivity index (χ1) is 24.6. The molecule has 8 rings (SSSR count). The van der Waals surface area contributed by atoms with Gasteiger partial charge >= 0.3 is 0 Å². The van der Waals surface area contributed by atoms with Gasteiger partial charge in [-0.25, -0.2) is 9.98 Å². The number of aliphatic imine (C=N–C) groups is 2. The van der Waals surface area contributed by atoms with Crippen LogP contribution in [0.4, 0.5) is 0 Å². The van der Waals surface area contributed by atoms with Crippen LogP contribution in [0.5, 0.6) is 0 Å². The number of hydrogen-bond donors (Lipinski definition) is 0. The summed E-state index contributed by atoms with van der Waals surface area (Å²) in [6.07, 6.45) is 8.93. The molecule has 2 aliphatic rings. The second kappa shape index (κ2) is 13.4. The molecule has 0 radical (unpaired) electrons. The van der Waals surface area contributed by atoms with E-state index in [0.29, 0.717) is 11.5 Å². The number of fused-ring (bicyclic) bond motifs is 3. The van der Waals surface area contributed by atoms with Gasteiger partial charge in [-0.05, 0) is 81.5 Å². The minimum atomic E-state index is -0.489. The van der Waals surface area contributed by atoms with Gasteiger partial charge in [0.1, 0.15) is 0 Å². The Kier molecular flexibility index (Phi) is 8.36. The average molecular weight is 643 g/mol.